The second-order valence-electron chi connectivity index (χ2n) is 4.27. The smallest absolute Gasteiger partial charge is 0.324 e. The predicted molar refractivity (Wildman–Crippen MR) is 66.1 cm³/mol. The number of rotatable bonds is 7. The first-order valence-corrected chi connectivity index (χ1v) is 6.07. The first kappa shape index (κ1) is 15.0. The number of hydrogen-bond donors (Lipinski definition) is 2. The van der Waals surface area contributed by atoms with E-state index in [1.807, 2.05) is 30.3 Å². The monoisotopic (exact) mass is 260 g/mol. The average Bonchev–Trinajstić information content (AvgIpc) is 2.33. The first-order chi connectivity index (χ1) is 8.49. The van der Waals surface area contributed by atoms with Crippen LogP contribution in [0.3, 0.4) is 0 Å². The Kier molecular flexibility index (Phi) is 6.15. The second-order valence-corrected chi connectivity index (χ2v) is 4.27. The molecule has 1 rings (SSSR count). The molecule has 2 nitrogen and oxygen atoms in total. The van der Waals surface area contributed by atoms with Crippen LogP contribution in [0.15, 0.2) is 30.3 Å². The van der Waals surface area contributed by atoms with Crippen molar-refractivity contribution in [3.8, 4) is 0 Å². The van der Waals surface area contributed by atoms with E-state index in [-0.39, 0.29) is 12.6 Å². The Labute approximate surface area is 105 Å². The highest BCUT2D eigenvalue weighted by molar-refractivity contribution is 5.18. The molecular formula is C13H19F3N2. The lowest BCUT2D eigenvalue weighted by molar-refractivity contribution is -0.133. The molecule has 3 N–H and O–H groups in total. The molecule has 1 aromatic rings. The van der Waals surface area contributed by atoms with E-state index in [4.69, 9.17) is 5.73 Å². The molecule has 0 amide bonds. The largest absolute Gasteiger partial charge is 0.390 e. The van der Waals surface area contributed by atoms with E-state index in [0.29, 0.717) is 6.54 Å². The first-order valence-electron chi connectivity index (χ1n) is 6.07. The van der Waals surface area contributed by atoms with Gasteiger partial charge in [-0.05, 0) is 24.9 Å². The maximum absolute atomic E-state index is 11.9. The van der Waals surface area contributed by atoms with E-state index < -0.39 is 12.6 Å². The van der Waals surface area contributed by atoms with E-state index >= 15 is 0 Å². The van der Waals surface area contributed by atoms with Crippen LogP contribution in [0, 0.1) is 0 Å². The van der Waals surface area contributed by atoms with Gasteiger partial charge >= 0.3 is 6.18 Å². The molecule has 0 bridgehead atoms. The summed E-state index contributed by atoms with van der Waals surface area (Å²) in [6, 6.07) is 9.65. The molecule has 0 aromatic heterocycles. The fourth-order valence-electron chi connectivity index (χ4n) is 1.67. The Bertz CT molecular complexity index is 325. The minimum atomic E-state index is -4.08. The van der Waals surface area contributed by atoms with Gasteiger partial charge in [-0.2, -0.15) is 13.2 Å². The Hall–Kier alpha value is -1.07. The van der Waals surface area contributed by atoms with Gasteiger partial charge in [0.1, 0.15) is 0 Å². The molecule has 0 spiro atoms. The summed E-state index contributed by atoms with van der Waals surface area (Å²) in [7, 11) is 0. The molecule has 0 aliphatic heterocycles. The molecule has 0 aliphatic carbocycles. The summed E-state index contributed by atoms with van der Waals surface area (Å²) >= 11 is 0. The minimum Gasteiger partial charge on any atom is -0.324 e. The second kappa shape index (κ2) is 7.38. The number of nitrogens with one attached hydrogen (secondary N) is 1. The van der Waals surface area contributed by atoms with Gasteiger partial charge in [0.15, 0.2) is 0 Å². The van der Waals surface area contributed by atoms with Crippen molar-refractivity contribution in [2.24, 2.45) is 5.73 Å². The summed E-state index contributed by atoms with van der Waals surface area (Å²) in [5, 5.41) is 2.77. The zero-order valence-electron chi connectivity index (χ0n) is 10.2. The van der Waals surface area contributed by atoms with Crippen molar-refractivity contribution < 1.29 is 13.2 Å². The molecule has 0 saturated heterocycles. The van der Waals surface area contributed by atoms with Crippen LogP contribution in [0.25, 0.3) is 0 Å². The predicted octanol–water partition coefficient (Wildman–Crippen LogP) is 3.01. The van der Waals surface area contributed by atoms with Gasteiger partial charge in [-0.25, -0.2) is 0 Å². The molecule has 0 heterocycles. The van der Waals surface area contributed by atoms with Crippen molar-refractivity contribution in [2.45, 2.75) is 31.5 Å². The molecule has 5 heteroatoms. The summed E-state index contributed by atoms with van der Waals surface area (Å²) < 4.78 is 35.6. The zero-order chi connectivity index (χ0) is 13.4. The third-order valence-electron chi connectivity index (χ3n) is 2.68. The number of alkyl halides is 3. The third-order valence-corrected chi connectivity index (χ3v) is 2.68. The van der Waals surface area contributed by atoms with Crippen LogP contribution >= 0.6 is 0 Å². The molecule has 1 atom stereocenters. The molecule has 18 heavy (non-hydrogen) atoms. The van der Waals surface area contributed by atoms with Crippen LogP contribution in [-0.4, -0.2) is 19.3 Å². The van der Waals surface area contributed by atoms with Crippen LogP contribution in [0.2, 0.25) is 0 Å². The fraction of sp³-hybridized carbons (Fsp3) is 0.538. The van der Waals surface area contributed by atoms with Crippen LogP contribution in [0.5, 0.6) is 0 Å². The topological polar surface area (TPSA) is 38.0 Å². The van der Waals surface area contributed by atoms with Crippen LogP contribution in [-0.2, 0) is 0 Å². The van der Waals surface area contributed by atoms with E-state index in [0.717, 1.165) is 18.4 Å². The SMILES string of the molecule is NC(CCCNCCC(F)(F)F)c1ccccc1. The Morgan fingerprint density at radius 2 is 1.78 bits per heavy atom. The van der Waals surface area contributed by atoms with Crippen molar-refractivity contribution in [2.75, 3.05) is 13.1 Å². The summed E-state index contributed by atoms with van der Waals surface area (Å²) in [4.78, 5) is 0. The maximum atomic E-state index is 11.9. The van der Waals surface area contributed by atoms with E-state index in [9.17, 15) is 13.2 Å². The van der Waals surface area contributed by atoms with Gasteiger partial charge in [-0.1, -0.05) is 30.3 Å². The Morgan fingerprint density at radius 3 is 2.39 bits per heavy atom. The van der Waals surface area contributed by atoms with Gasteiger partial charge < -0.3 is 11.1 Å². The molecule has 0 radical (unpaired) electrons. The third kappa shape index (κ3) is 6.61. The zero-order valence-corrected chi connectivity index (χ0v) is 10.2. The number of halogens is 3. The quantitative estimate of drug-likeness (QED) is 0.740. The fourth-order valence-corrected chi connectivity index (χ4v) is 1.67. The van der Waals surface area contributed by atoms with Crippen LogP contribution in [0.1, 0.15) is 30.9 Å². The Balaban J connectivity index is 2.08. The summed E-state index contributed by atoms with van der Waals surface area (Å²) in [5.41, 5.74) is 7.03. The number of nitrogens with two attached hydrogens (primary N) is 1. The van der Waals surface area contributed by atoms with Crippen LogP contribution in [0.4, 0.5) is 13.2 Å². The molecule has 0 aliphatic rings. The summed E-state index contributed by atoms with van der Waals surface area (Å²) in [5.74, 6) is 0. The average molecular weight is 260 g/mol. The lowest BCUT2D eigenvalue weighted by Crippen LogP contribution is -2.23. The van der Waals surface area contributed by atoms with Crippen molar-refractivity contribution >= 4 is 0 Å². The molecular weight excluding hydrogens is 241 g/mol. The standard InChI is InChI=1S/C13H19F3N2/c14-13(15,16)8-10-18-9-4-7-12(17)11-5-2-1-3-6-11/h1-3,5-6,12,18H,4,7-10,17H2. The van der Waals surface area contributed by atoms with Gasteiger partial charge in [0.05, 0.1) is 6.42 Å². The summed E-state index contributed by atoms with van der Waals surface area (Å²) in [6.45, 7) is 0.542. The maximum Gasteiger partial charge on any atom is 0.390 e. The normalized spacial score (nSPS) is 13.6. The molecule has 0 fully saturated rings. The van der Waals surface area contributed by atoms with Crippen molar-refractivity contribution in [3.05, 3.63) is 35.9 Å². The van der Waals surface area contributed by atoms with Crippen molar-refractivity contribution in [3.63, 3.8) is 0 Å². The summed E-state index contributed by atoms with van der Waals surface area (Å²) in [6.07, 6.45) is -3.32. The molecule has 1 unspecified atom stereocenters. The van der Waals surface area contributed by atoms with Gasteiger partial charge in [0.25, 0.3) is 0 Å². The number of hydrogen-bond acceptors (Lipinski definition) is 2. The lowest BCUT2D eigenvalue weighted by Gasteiger charge is -2.12. The number of benzene rings is 1. The van der Waals surface area contributed by atoms with E-state index in [1.54, 1.807) is 0 Å². The molecule has 1 aromatic carbocycles. The highest BCUT2D eigenvalue weighted by atomic mass is 19.4. The molecule has 102 valence electrons. The van der Waals surface area contributed by atoms with Gasteiger partial charge in [-0.15, -0.1) is 0 Å². The highest BCUT2D eigenvalue weighted by Gasteiger charge is 2.25. The molecule has 0 saturated carbocycles. The van der Waals surface area contributed by atoms with E-state index in [1.165, 1.54) is 0 Å². The van der Waals surface area contributed by atoms with Crippen molar-refractivity contribution in [1.82, 2.24) is 5.32 Å². The van der Waals surface area contributed by atoms with Crippen molar-refractivity contribution in [1.29, 1.82) is 0 Å². The van der Waals surface area contributed by atoms with Gasteiger partial charge in [0.2, 0.25) is 0 Å². The highest BCUT2D eigenvalue weighted by Crippen LogP contribution is 2.18. The van der Waals surface area contributed by atoms with Crippen LogP contribution < -0.4 is 11.1 Å². The van der Waals surface area contributed by atoms with Gasteiger partial charge in [-0.3, -0.25) is 0 Å². The lowest BCUT2D eigenvalue weighted by atomic mass is 10.0. The van der Waals surface area contributed by atoms with Gasteiger partial charge in [0, 0.05) is 12.6 Å². The Morgan fingerprint density at radius 1 is 1.11 bits per heavy atom. The minimum absolute atomic E-state index is 0.0237. The van der Waals surface area contributed by atoms with E-state index in [2.05, 4.69) is 5.32 Å².